The summed E-state index contributed by atoms with van der Waals surface area (Å²) < 4.78 is 5.59. The number of benzene rings is 1. The maximum atomic E-state index is 5.59. The summed E-state index contributed by atoms with van der Waals surface area (Å²) in [6.07, 6.45) is 2.28. The van der Waals surface area contributed by atoms with E-state index in [4.69, 9.17) is 4.74 Å². The number of para-hydroxylation sites is 1. The monoisotopic (exact) mass is 207 g/mol. The molecule has 1 rings (SSSR count). The van der Waals surface area contributed by atoms with E-state index in [1.54, 1.807) is 0 Å². The molecule has 0 atom stereocenters. The maximum Gasteiger partial charge on any atom is 0.119 e. The fourth-order valence-corrected chi connectivity index (χ4v) is 1.32. The van der Waals surface area contributed by atoms with Crippen LogP contribution in [0.4, 0.5) is 0 Å². The van der Waals surface area contributed by atoms with E-state index in [1.807, 2.05) is 30.3 Å². The molecule has 0 bridgehead atoms. The molecule has 0 aliphatic rings. The zero-order valence-corrected chi connectivity index (χ0v) is 9.70. The van der Waals surface area contributed by atoms with Gasteiger partial charge in [0.15, 0.2) is 0 Å². The average Bonchev–Trinajstić information content (AvgIpc) is 2.24. The molecule has 0 amide bonds. The molecular formula is C13H21NO. The van der Waals surface area contributed by atoms with Crippen molar-refractivity contribution in [1.82, 2.24) is 5.32 Å². The normalized spacial score (nSPS) is 10.6. The van der Waals surface area contributed by atoms with Crippen LogP contribution in [0.15, 0.2) is 30.3 Å². The van der Waals surface area contributed by atoms with Crippen LogP contribution in [0.5, 0.6) is 5.75 Å². The highest BCUT2D eigenvalue weighted by Crippen LogP contribution is 2.08. The minimum atomic E-state index is 0.583. The Balaban J connectivity index is 1.98. The SMILES string of the molecule is CC(C)NCCCCOc1ccccc1. The van der Waals surface area contributed by atoms with Gasteiger partial charge in [-0.15, -0.1) is 0 Å². The maximum absolute atomic E-state index is 5.59. The van der Waals surface area contributed by atoms with E-state index in [0.29, 0.717) is 6.04 Å². The fraction of sp³-hybridized carbons (Fsp3) is 0.538. The lowest BCUT2D eigenvalue weighted by atomic mass is 10.3. The van der Waals surface area contributed by atoms with Crippen molar-refractivity contribution < 1.29 is 4.74 Å². The molecule has 2 nitrogen and oxygen atoms in total. The van der Waals surface area contributed by atoms with Gasteiger partial charge in [0.1, 0.15) is 5.75 Å². The molecule has 0 fully saturated rings. The van der Waals surface area contributed by atoms with Crippen LogP contribution in [0.25, 0.3) is 0 Å². The molecule has 0 spiro atoms. The van der Waals surface area contributed by atoms with E-state index in [0.717, 1.165) is 25.3 Å². The molecule has 0 aliphatic heterocycles. The van der Waals surface area contributed by atoms with Crippen LogP contribution in [-0.4, -0.2) is 19.2 Å². The van der Waals surface area contributed by atoms with Gasteiger partial charge in [-0.2, -0.15) is 0 Å². The van der Waals surface area contributed by atoms with Crippen LogP contribution in [0.3, 0.4) is 0 Å². The molecule has 0 saturated carbocycles. The predicted octanol–water partition coefficient (Wildman–Crippen LogP) is 2.84. The highest BCUT2D eigenvalue weighted by Gasteiger charge is 1.93. The Morgan fingerprint density at radius 2 is 1.87 bits per heavy atom. The van der Waals surface area contributed by atoms with Gasteiger partial charge in [0.2, 0.25) is 0 Å². The summed E-state index contributed by atoms with van der Waals surface area (Å²) in [5.41, 5.74) is 0. The van der Waals surface area contributed by atoms with Crippen LogP contribution >= 0.6 is 0 Å². The second-order valence-electron chi connectivity index (χ2n) is 3.98. The lowest BCUT2D eigenvalue weighted by molar-refractivity contribution is 0.305. The number of unbranched alkanes of at least 4 members (excludes halogenated alkanes) is 1. The van der Waals surface area contributed by atoms with Crippen molar-refractivity contribution >= 4 is 0 Å². The van der Waals surface area contributed by atoms with Crippen LogP contribution < -0.4 is 10.1 Å². The summed E-state index contributed by atoms with van der Waals surface area (Å²) in [6.45, 7) is 6.22. The van der Waals surface area contributed by atoms with Gasteiger partial charge < -0.3 is 10.1 Å². The van der Waals surface area contributed by atoms with Crippen LogP contribution in [-0.2, 0) is 0 Å². The van der Waals surface area contributed by atoms with Crippen LogP contribution in [0, 0.1) is 0 Å². The van der Waals surface area contributed by atoms with E-state index >= 15 is 0 Å². The lowest BCUT2D eigenvalue weighted by Gasteiger charge is -2.08. The smallest absolute Gasteiger partial charge is 0.119 e. The van der Waals surface area contributed by atoms with E-state index in [1.165, 1.54) is 6.42 Å². The second-order valence-corrected chi connectivity index (χ2v) is 3.98. The Bertz CT molecular complexity index is 246. The van der Waals surface area contributed by atoms with Gasteiger partial charge >= 0.3 is 0 Å². The molecule has 84 valence electrons. The second kappa shape index (κ2) is 7.30. The van der Waals surface area contributed by atoms with Crippen LogP contribution in [0.1, 0.15) is 26.7 Å². The summed E-state index contributed by atoms with van der Waals surface area (Å²) in [5.74, 6) is 0.967. The summed E-state index contributed by atoms with van der Waals surface area (Å²) in [6, 6.07) is 10.6. The molecule has 0 radical (unpaired) electrons. The molecule has 0 heterocycles. The van der Waals surface area contributed by atoms with Crippen molar-refractivity contribution in [3.63, 3.8) is 0 Å². The minimum Gasteiger partial charge on any atom is -0.494 e. The highest BCUT2D eigenvalue weighted by molar-refractivity contribution is 5.20. The lowest BCUT2D eigenvalue weighted by Crippen LogP contribution is -2.23. The molecule has 0 aliphatic carbocycles. The predicted molar refractivity (Wildman–Crippen MR) is 64.3 cm³/mol. The first kappa shape index (κ1) is 12.1. The summed E-state index contributed by atoms with van der Waals surface area (Å²) in [5, 5.41) is 3.39. The molecule has 1 N–H and O–H groups in total. The first-order valence-corrected chi connectivity index (χ1v) is 5.70. The third-order valence-electron chi connectivity index (χ3n) is 2.14. The van der Waals surface area contributed by atoms with Crippen LogP contribution in [0.2, 0.25) is 0 Å². The third kappa shape index (κ3) is 6.13. The molecule has 1 aromatic carbocycles. The third-order valence-corrected chi connectivity index (χ3v) is 2.14. The van der Waals surface area contributed by atoms with E-state index in [2.05, 4.69) is 19.2 Å². The Kier molecular flexibility index (Phi) is 5.86. The van der Waals surface area contributed by atoms with Gasteiger partial charge in [-0.3, -0.25) is 0 Å². The Morgan fingerprint density at radius 1 is 1.13 bits per heavy atom. The summed E-state index contributed by atoms with van der Waals surface area (Å²) >= 11 is 0. The average molecular weight is 207 g/mol. The summed E-state index contributed by atoms with van der Waals surface area (Å²) in [7, 11) is 0. The van der Waals surface area contributed by atoms with E-state index in [9.17, 15) is 0 Å². The topological polar surface area (TPSA) is 21.3 Å². The molecule has 2 heteroatoms. The fourth-order valence-electron chi connectivity index (χ4n) is 1.32. The van der Waals surface area contributed by atoms with E-state index < -0.39 is 0 Å². The molecule has 0 aromatic heterocycles. The summed E-state index contributed by atoms with van der Waals surface area (Å²) in [4.78, 5) is 0. The number of rotatable bonds is 7. The quantitative estimate of drug-likeness (QED) is 0.694. The van der Waals surface area contributed by atoms with Crippen molar-refractivity contribution in [3.8, 4) is 5.75 Å². The van der Waals surface area contributed by atoms with Gasteiger partial charge in [-0.1, -0.05) is 32.0 Å². The highest BCUT2D eigenvalue weighted by atomic mass is 16.5. The first-order valence-electron chi connectivity index (χ1n) is 5.70. The standard InChI is InChI=1S/C13H21NO/c1-12(2)14-10-6-7-11-15-13-8-4-3-5-9-13/h3-5,8-9,12,14H,6-7,10-11H2,1-2H3. The number of hydrogen-bond acceptors (Lipinski definition) is 2. The molecular weight excluding hydrogens is 186 g/mol. The zero-order chi connectivity index (χ0) is 10.9. The molecule has 0 unspecified atom stereocenters. The Hall–Kier alpha value is -1.02. The Morgan fingerprint density at radius 3 is 2.53 bits per heavy atom. The van der Waals surface area contributed by atoms with Gasteiger partial charge in [-0.25, -0.2) is 0 Å². The number of ether oxygens (including phenoxy) is 1. The molecule has 1 aromatic rings. The van der Waals surface area contributed by atoms with Crippen molar-refractivity contribution in [2.75, 3.05) is 13.2 Å². The van der Waals surface area contributed by atoms with Gasteiger partial charge in [0.25, 0.3) is 0 Å². The van der Waals surface area contributed by atoms with E-state index in [-0.39, 0.29) is 0 Å². The first-order chi connectivity index (χ1) is 7.29. The van der Waals surface area contributed by atoms with Crippen molar-refractivity contribution in [1.29, 1.82) is 0 Å². The Labute approximate surface area is 92.6 Å². The molecule has 0 saturated heterocycles. The van der Waals surface area contributed by atoms with Gasteiger partial charge in [0, 0.05) is 6.04 Å². The minimum absolute atomic E-state index is 0.583. The van der Waals surface area contributed by atoms with Crippen molar-refractivity contribution in [3.05, 3.63) is 30.3 Å². The number of nitrogens with one attached hydrogen (secondary N) is 1. The van der Waals surface area contributed by atoms with Gasteiger partial charge in [-0.05, 0) is 31.5 Å². The van der Waals surface area contributed by atoms with Crippen molar-refractivity contribution in [2.24, 2.45) is 0 Å². The number of hydrogen-bond donors (Lipinski definition) is 1. The van der Waals surface area contributed by atoms with Crippen molar-refractivity contribution in [2.45, 2.75) is 32.7 Å². The zero-order valence-electron chi connectivity index (χ0n) is 9.70. The largest absolute Gasteiger partial charge is 0.494 e. The molecule has 15 heavy (non-hydrogen) atoms. The van der Waals surface area contributed by atoms with Gasteiger partial charge in [0.05, 0.1) is 6.61 Å².